The van der Waals surface area contributed by atoms with E-state index >= 15 is 0 Å². The molecular formula is C20H24N2O4S. The van der Waals surface area contributed by atoms with Gasteiger partial charge in [-0.15, -0.1) is 0 Å². The summed E-state index contributed by atoms with van der Waals surface area (Å²) in [5.41, 5.74) is 2.91. The van der Waals surface area contributed by atoms with Crippen LogP contribution >= 0.6 is 0 Å². The Morgan fingerprint density at radius 2 is 2.00 bits per heavy atom. The fraction of sp³-hybridized carbons (Fsp3) is 0.350. The Hall–Kier alpha value is -2.54. The monoisotopic (exact) mass is 388 g/mol. The maximum absolute atomic E-state index is 12.6. The smallest absolute Gasteiger partial charge is 0.237 e. The molecule has 0 bridgehead atoms. The Morgan fingerprint density at radius 3 is 2.74 bits per heavy atom. The maximum Gasteiger partial charge on any atom is 0.237 e. The van der Waals surface area contributed by atoms with Crippen LogP contribution < -0.4 is 14.4 Å². The molecule has 0 fully saturated rings. The van der Waals surface area contributed by atoms with Gasteiger partial charge in [0.05, 0.1) is 18.6 Å². The highest BCUT2D eigenvalue weighted by molar-refractivity contribution is 7.91. The molecule has 0 unspecified atom stereocenters. The summed E-state index contributed by atoms with van der Waals surface area (Å²) in [7, 11) is -2.11. The van der Waals surface area contributed by atoms with Gasteiger partial charge in [0.1, 0.15) is 5.75 Å². The van der Waals surface area contributed by atoms with Crippen LogP contribution in [0.4, 0.5) is 11.4 Å². The first-order valence-corrected chi connectivity index (χ1v) is 10.6. The van der Waals surface area contributed by atoms with Crippen molar-refractivity contribution >= 4 is 27.3 Å². The van der Waals surface area contributed by atoms with E-state index in [2.05, 4.69) is 4.72 Å². The largest absolute Gasteiger partial charge is 0.496 e. The molecule has 7 heteroatoms. The van der Waals surface area contributed by atoms with Crippen molar-refractivity contribution in [2.45, 2.75) is 31.9 Å². The highest BCUT2D eigenvalue weighted by Crippen LogP contribution is 2.31. The second kappa shape index (κ2) is 8.00. The third-order valence-corrected chi connectivity index (χ3v) is 5.86. The van der Waals surface area contributed by atoms with Crippen molar-refractivity contribution in [3.05, 3.63) is 53.6 Å². The average Bonchev–Trinajstić information content (AvgIpc) is 2.66. The molecule has 1 heterocycles. The number of methoxy groups -OCH3 is 1. The van der Waals surface area contributed by atoms with E-state index in [0.29, 0.717) is 30.0 Å². The number of benzene rings is 2. The number of carbonyl (C=O) groups excluding carboxylic acids is 1. The van der Waals surface area contributed by atoms with E-state index in [1.807, 2.05) is 13.0 Å². The molecule has 2 aromatic carbocycles. The van der Waals surface area contributed by atoms with Gasteiger partial charge in [0.15, 0.2) is 0 Å². The van der Waals surface area contributed by atoms with Gasteiger partial charge < -0.3 is 9.64 Å². The van der Waals surface area contributed by atoms with Gasteiger partial charge in [-0.25, -0.2) is 8.42 Å². The summed E-state index contributed by atoms with van der Waals surface area (Å²) in [6.45, 7) is 2.49. The number of sulfonamides is 1. The Kier molecular flexibility index (Phi) is 5.70. The number of rotatable bonds is 6. The van der Waals surface area contributed by atoms with Gasteiger partial charge >= 0.3 is 0 Å². The van der Waals surface area contributed by atoms with Gasteiger partial charge in [0.2, 0.25) is 15.9 Å². The van der Waals surface area contributed by atoms with Gasteiger partial charge in [-0.2, -0.15) is 0 Å². The molecule has 0 saturated carbocycles. The third-order valence-electron chi connectivity index (χ3n) is 4.62. The van der Waals surface area contributed by atoms with Gasteiger partial charge in [-0.05, 0) is 36.6 Å². The molecular weight excluding hydrogens is 364 g/mol. The minimum Gasteiger partial charge on any atom is -0.496 e. The number of fused-ring (bicyclic) bond motifs is 1. The van der Waals surface area contributed by atoms with Crippen LogP contribution in [0.25, 0.3) is 0 Å². The van der Waals surface area contributed by atoms with Crippen LogP contribution in [0, 0.1) is 0 Å². The highest BCUT2D eigenvalue weighted by atomic mass is 32.2. The van der Waals surface area contributed by atoms with Gasteiger partial charge in [0, 0.05) is 24.2 Å². The molecule has 1 N–H and O–H groups in total. The quantitative estimate of drug-likeness (QED) is 0.824. The lowest BCUT2D eigenvalue weighted by Crippen LogP contribution is -2.35. The van der Waals surface area contributed by atoms with Crippen LogP contribution in [-0.2, 0) is 27.0 Å². The van der Waals surface area contributed by atoms with Crippen molar-refractivity contribution in [1.29, 1.82) is 0 Å². The molecule has 27 heavy (non-hydrogen) atoms. The van der Waals surface area contributed by atoms with Crippen LogP contribution in [-0.4, -0.2) is 28.0 Å². The number of carbonyl (C=O) groups is 1. The number of nitrogens with zero attached hydrogens (tertiary/aromatic N) is 1. The van der Waals surface area contributed by atoms with Crippen molar-refractivity contribution in [2.75, 3.05) is 23.3 Å². The number of para-hydroxylation sites is 1. The van der Waals surface area contributed by atoms with E-state index in [1.54, 1.807) is 41.3 Å². The van der Waals surface area contributed by atoms with Gasteiger partial charge in [-0.3, -0.25) is 9.52 Å². The minimum absolute atomic E-state index is 0.0463. The number of amides is 1. The van der Waals surface area contributed by atoms with Crippen molar-refractivity contribution in [3.8, 4) is 5.75 Å². The molecule has 0 spiro atoms. The molecule has 1 aliphatic rings. The molecule has 6 nitrogen and oxygen atoms in total. The molecule has 0 saturated heterocycles. The van der Waals surface area contributed by atoms with E-state index in [1.165, 1.54) is 7.11 Å². The minimum atomic E-state index is -3.62. The summed E-state index contributed by atoms with van der Waals surface area (Å²) in [5, 5.41) is 0. The summed E-state index contributed by atoms with van der Waals surface area (Å²) < 4.78 is 33.1. The summed E-state index contributed by atoms with van der Waals surface area (Å²) in [6, 6.07) is 12.4. The lowest BCUT2D eigenvalue weighted by Gasteiger charge is -2.30. The Bertz CT molecular complexity index is 941. The zero-order chi connectivity index (χ0) is 19.4. The second-order valence-corrected chi connectivity index (χ2v) is 8.24. The van der Waals surface area contributed by atoms with Crippen molar-refractivity contribution < 1.29 is 17.9 Å². The molecule has 3 rings (SSSR count). The predicted octanol–water partition coefficient (Wildman–Crippen LogP) is 3.33. The Morgan fingerprint density at radius 1 is 1.22 bits per heavy atom. The van der Waals surface area contributed by atoms with Crippen LogP contribution in [0.15, 0.2) is 42.5 Å². The van der Waals surface area contributed by atoms with Crippen LogP contribution in [0.3, 0.4) is 0 Å². The van der Waals surface area contributed by atoms with Crippen molar-refractivity contribution in [2.24, 2.45) is 0 Å². The molecule has 1 aliphatic heterocycles. The fourth-order valence-electron chi connectivity index (χ4n) is 3.33. The van der Waals surface area contributed by atoms with Crippen molar-refractivity contribution in [1.82, 2.24) is 0 Å². The van der Waals surface area contributed by atoms with Crippen LogP contribution in [0.5, 0.6) is 5.75 Å². The fourth-order valence-corrected chi connectivity index (χ4v) is 4.54. The number of hydrogen-bond acceptors (Lipinski definition) is 4. The van der Waals surface area contributed by atoms with Crippen molar-refractivity contribution in [3.63, 3.8) is 0 Å². The van der Waals surface area contributed by atoms with E-state index in [0.717, 1.165) is 24.1 Å². The highest BCUT2D eigenvalue weighted by Gasteiger charge is 2.23. The lowest BCUT2D eigenvalue weighted by molar-refractivity contribution is -0.118. The third kappa shape index (κ3) is 4.42. The molecule has 0 aliphatic carbocycles. The summed E-state index contributed by atoms with van der Waals surface area (Å²) in [6.07, 6.45) is 2.22. The molecule has 1 amide bonds. The van der Waals surface area contributed by atoms with E-state index in [4.69, 9.17) is 4.74 Å². The summed E-state index contributed by atoms with van der Waals surface area (Å²) in [4.78, 5) is 14.0. The van der Waals surface area contributed by atoms with E-state index in [9.17, 15) is 13.2 Å². The number of aryl methyl sites for hydroxylation is 1. The first kappa shape index (κ1) is 19.2. The summed E-state index contributed by atoms with van der Waals surface area (Å²) in [5.74, 6) is 0.393. The molecule has 144 valence electrons. The Balaban J connectivity index is 1.84. The number of hydrogen-bond donors (Lipinski definition) is 1. The number of anilines is 2. The van der Waals surface area contributed by atoms with E-state index < -0.39 is 10.0 Å². The van der Waals surface area contributed by atoms with Crippen LogP contribution in [0.2, 0.25) is 0 Å². The zero-order valence-corrected chi connectivity index (χ0v) is 16.4. The number of ether oxygens (including phenoxy) is 1. The second-order valence-electron chi connectivity index (χ2n) is 6.52. The van der Waals surface area contributed by atoms with Gasteiger partial charge in [-0.1, -0.05) is 31.2 Å². The Labute approximate surface area is 160 Å². The SMILES string of the molecule is CCC(=O)N1CCCc2ccc(NS(=O)(=O)Cc3ccccc3OC)cc21. The van der Waals surface area contributed by atoms with Crippen LogP contribution in [0.1, 0.15) is 30.9 Å². The standard InChI is InChI=1S/C20H24N2O4S/c1-3-20(23)22-12-6-8-15-10-11-17(13-18(15)22)21-27(24,25)14-16-7-4-5-9-19(16)26-2/h4-5,7,9-11,13,21H,3,6,8,12,14H2,1-2H3. The van der Waals surface area contributed by atoms with Gasteiger partial charge in [0.25, 0.3) is 0 Å². The average molecular weight is 388 g/mol. The van der Waals surface area contributed by atoms with E-state index in [-0.39, 0.29) is 11.7 Å². The molecule has 2 aromatic rings. The topological polar surface area (TPSA) is 75.7 Å². The first-order chi connectivity index (χ1) is 12.9. The lowest BCUT2D eigenvalue weighted by atomic mass is 10.0. The first-order valence-electron chi connectivity index (χ1n) is 8.99. The number of nitrogens with one attached hydrogen (secondary N) is 1. The normalized spacial score (nSPS) is 13.8. The zero-order valence-electron chi connectivity index (χ0n) is 15.6. The molecule has 0 atom stereocenters. The predicted molar refractivity (Wildman–Crippen MR) is 107 cm³/mol. The summed E-state index contributed by atoms with van der Waals surface area (Å²) >= 11 is 0. The molecule has 0 aromatic heterocycles. The molecule has 0 radical (unpaired) electrons. The maximum atomic E-state index is 12.6.